The van der Waals surface area contributed by atoms with Gasteiger partial charge in [-0.25, -0.2) is 9.18 Å². The lowest BCUT2D eigenvalue weighted by Gasteiger charge is -2.22. The highest BCUT2D eigenvalue weighted by molar-refractivity contribution is 5.89. The fourth-order valence-corrected chi connectivity index (χ4v) is 2.55. The van der Waals surface area contributed by atoms with Gasteiger partial charge in [-0.1, -0.05) is 0 Å². The van der Waals surface area contributed by atoms with Crippen molar-refractivity contribution < 1.29 is 18.7 Å². The summed E-state index contributed by atoms with van der Waals surface area (Å²) in [6, 6.07) is 7.83. The maximum absolute atomic E-state index is 13.9. The predicted octanol–water partition coefficient (Wildman–Crippen LogP) is 2.89. The van der Waals surface area contributed by atoms with Gasteiger partial charge in [0.15, 0.2) is 5.79 Å². The van der Waals surface area contributed by atoms with E-state index in [4.69, 9.17) is 9.47 Å². The zero-order valence-corrected chi connectivity index (χ0v) is 13.4. The molecule has 128 valence electrons. The summed E-state index contributed by atoms with van der Waals surface area (Å²) in [6.45, 7) is 3.31. The molecule has 6 nitrogen and oxygen atoms in total. The Morgan fingerprint density at radius 1 is 1.29 bits per heavy atom. The molecule has 1 saturated heterocycles. The maximum atomic E-state index is 13.9. The zero-order chi connectivity index (χ0) is 17.0. The second kappa shape index (κ2) is 7.02. The Morgan fingerprint density at radius 3 is 2.71 bits per heavy atom. The summed E-state index contributed by atoms with van der Waals surface area (Å²) in [4.78, 5) is 12.0. The molecule has 0 spiro atoms. The van der Waals surface area contributed by atoms with Gasteiger partial charge in [0, 0.05) is 31.0 Å². The van der Waals surface area contributed by atoms with Crippen molar-refractivity contribution in [2.24, 2.45) is 0 Å². The molecule has 1 aromatic carbocycles. The molecule has 2 N–H and O–H groups in total. The Bertz CT molecular complexity index is 697. The number of urea groups is 1. The van der Waals surface area contributed by atoms with Crippen LogP contribution >= 0.6 is 0 Å². The minimum Gasteiger partial charge on any atom is -0.348 e. The number of benzene rings is 1. The van der Waals surface area contributed by atoms with Crippen LogP contribution in [0.4, 0.5) is 14.9 Å². The molecule has 2 aromatic rings. The van der Waals surface area contributed by atoms with Crippen LogP contribution in [0.1, 0.15) is 13.3 Å². The predicted molar refractivity (Wildman–Crippen MR) is 87.7 cm³/mol. The van der Waals surface area contributed by atoms with E-state index < -0.39 is 17.6 Å². The Hall–Kier alpha value is -2.38. The molecule has 0 saturated carbocycles. The average Bonchev–Trinajstić information content (AvgIpc) is 3.21. The first-order valence-electron chi connectivity index (χ1n) is 7.81. The molecule has 0 atom stereocenters. The van der Waals surface area contributed by atoms with Crippen LogP contribution in [0.25, 0.3) is 5.69 Å². The minimum atomic E-state index is -0.660. The molecule has 24 heavy (non-hydrogen) atoms. The number of hydrogen-bond acceptors (Lipinski definition) is 3. The van der Waals surface area contributed by atoms with Gasteiger partial charge in [0.25, 0.3) is 0 Å². The number of amides is 2. The van der Waals surface area contributed by atoms with Crippen LogP contribution in [-0.2, 0) is 9.47 Å². The van der Waals surface area contributed by atoms with Crippen LogP contribution in [0.3, 0.4) is 0 Å². The number of anilines is 1. The van der Waals surface area contributed by atoms with Gasteiger partial charge in [-0.05, 0) is 37.3 Å². The molecular weight excluding hydrogens is 313 g/mol. The fourth-order valence-electron chi connectivity index (χ4n) is 2.55. The SMILES string of the molecule is CC1(CCNC(=O)Nc2cc(-n3cccc3)ccc2F)OCCO1. The van der Waals surface area contributed by atoms with Gasteiger partial charge in [-0.15, -0.1) is 0 Å². The number of nitrogens with one attached hydrogen (secondary N) is 2. The molecule has 0 bridgehead atoms. The Labute approximate surface area is 139 Å². The molecule has 1 aromatic heterocycles. The lowest BCUT2D eigenvalue weighted by atomic mass is 10.2. The summed E-state index contributed by atoms with van der Waals surface area (Å²) in [7, 11) is 0. The van der Waals surface area contributed by atoms with Crippen molar-refractivity contribution >= 4 is 11.7 Å². The van der Waals surface area contributed by atoms with Crippen molar-refractivity contribution in [1.82, 2.24) is 9.88 Å². The molecular formula is C17H20FN3O3. The second-order valence-corrected chi connectivity index (χ2v) is 5.72. The molecule has 3 rings (SSSR count). The highest BCUT2D eigenvalue weighted by atomic mass is 19.1. The van der Waals surface area contributed by atoms with Crippen LogP contribution in [0.5, 0.6) is 0 Å². The third-order valence-corrected chi connectivity index (χ3v) is 3.86. The Balaban J connectivity index is 1.57. The van der Waals surface area contributed by atoms with Gasteiger partial charge in [0.2, 0.25) is 0 Å². The van der Waals surface area contributed by atoms with Crippen molar-refractivity contribution in [3.8, 4) is 5.69 Å². The van der Waals surface area contributed by atoms with E-state index in [1.54, 1.807) is 12.1 Å². The molecule has 0 unspecified atom stereocenters. The van der Waals surface area contributed by atoms with E-state index in [0.717, 1.165) is 5.69 Å². The van der Waals surface area contributed by atoms with E-state index in [9.17, 15) is 9.18 Å². The van der Waals surface area contributed by atoms with Crippen molar-refractivity contribution in [3.63, 3.8) is 0 Å². The third kappa shape index (κ3) is 3.93. The molecule has 2 heterocycles. The zero-order valence-electron chi connectivity index (χ0n) is 13.4. The average molecular weight is 333 g/mol. The lowest BCUT2D eigenvalue weighted by Crippen LogP contribution is -2.35. The topological polar surface area (TPSA) is 64.5 Å². The molecule has 0 radical (unpaired) electrons. The van der Waals surface area contributed by atoms with Gasteiger partial charge < -0.3 is 24.7 Å². The van der Waals surface area contributed by atoms with Crippen molar-refractivity contribution in [1.29, 1.82) is 0 Å². The summed E-state index contributed by atoms with van der Waals surface area (Å²) in [5.41, 5.74) is 0.884. The molecule has 2 amide bonds. The summed E-state index contributed by atoms with van der Waals surface area (Å²) < 4.78 is 26.7. The van der Waals surface area contributed by atoms with E-state index in [2.05, 4.69) is 10.6 Å². The first-order chi connectivity index (χ1) is 11.6. The normalized spacial score (nSPS) is 16.1. The van der Waals surface area contributed by atoms with Crippen LogP contribution in [0.2, 0.25) is 0 Å². The number of carbonyl (C=O) groups is 1. The minimum absolute atomic E-state index is 0.123. The van der Waals surface area contributed by atoms with Crippen LogP contribution < -0.4 is 10.6 Å². The number of aromatic nitrogens is 1. The summed E-state index contributed by atoms with van der Waals surface area (Å²) in [5, 5.41) is 5.21. The molecule has 7 heteroatoms. The highest BCUT2D eigenvalue weighted by Gasteiger charge is 2.30. The van der Waals surface area contributed by atoms with E-state index in [-0.39, 0.29) is 5.69 Å². The van der Waals surface area contributed by atoms with Crippen molar-refractivity contribution in [3.05, 3.63) is 48.5 Å². The first-order valence-corrected chi connectivity index (χ1v) is 7.81. The quantitative estimate of drug-likeness (QED) is 0.884. The monoisotopic (exact) mass is 333 g/mol. The fraction of sp³-hybridized carbons (Fsp3) is 0.353. The molecule has 1 aliphatic heterocycles. The van der Waals surface area contributed by atoms with E-state index in [1.165, 1.54) is 6.07 Å². The summed E-state index contributed by atoms with van der Waals surface area (Å²) in [6.07, 6.45) is 4.21. The number of ether oxygens (including phenoxy) is 2. The van der Waals surface area contributed by atoms with Gasteiger partial charge in [-0.2, -0.15) is 0 Å². The van der Waals surface area contributed by atoms with Crippen LogP contribution in [0.15, 0.2) is 42.7 Å². The number of nitrogens with zero attached hydrogens (tertiary/aromatic N) is 1. The van der Waals surface area contributed by atoms with Crippen LogP contribution in [-0.4, -0.2) is 36.1 Å². The Kier molecular flexibility index (Phi) is 4.82. The van der Waals surface area contributed by atoms with Gasteiger partial charge in [0.05, 0.1) is 18.9 Å². The maximum Gasteiger partial charge on any atom is 0.319 e. The van der Waals surface area contributed by atoms with Crippen molar-refractivity contribution in [2.45, 2.75) is 19.1 Å². The standard InChI is InChI=1S/C17H20FN3O3/c1-17(23-10-11-24-17)6-7-19-16(22)20-15-12-13(4-5-14(15)18)21-8-2-3-9-21/h2-5,8-9,12H,6-7,10-11H2,1H3,(H2,19,20,22). The number of carbonyl (C=O) groups excluding carboxylic acids is 1. The summed E-state index contributed by atoms with van der Waals surface area (Å²) in [5.74, 6) is -1.15. The van der Waals surface area contributed by atoms with Gasteiger partial charge in [0.1, 0.15) is 5.82 Å². The Morgan fingerprint density at radius 2 is 2.00 bits per heavy atom. The highest BCUT2D eigenvalue weighted by Crippen LogP contribution is 2.22. The van der Waals surface area contributed by atoms with Gasteiger partial charge in [-0.3, -0.25) is 0 Å². The molecule has 1 aliphatic rings. The van der Waals surface area contributed by atoms with Crippen LogP contribution in [0, 0.1) is 5.82 Å². The number of rotatable bonds is 5. The van der Waals surface area contributed by atoms with E-state index in [1.807, 2.05) is 36.0 Å². The van der Waals surface area contributed by atoms with Gasteiger partial charge >= 0.3 is 6.03 Å². The smallest absolute Gasteiger partial charge is 0.319 e. The van der Waals surface area contributed by atoms with Crippen molar-refractivity contribution in [2.75, 3.05) is 25.1 Å². The van der Waals surface area contributed by atoms with E-state index >= 15 is 0 Å². The number of hydrogen-bond donors (Lipinski definition) is 2. The third-order valence-electron chi connectivity index (χ3n) is 3.86. The molecule has 1 fully saturated rings. The lowest BCUT2D eigenvalue weighted by molar-refractivity contribution is -0.145. The summed E-state index contributed by atoms with van der Waals surface area (Å²) >= 11 is 0. The molecule has 0 aliphatic carbocycles. The van der Waals surface area contributed by atoms with E-state index in [0.29, 0.717) is 26.2 Å². The first kappa shape index (κ1) is 16.5. The largest absolute Gasteiger partial charge is 0.348 e. The number of halogens is 1. The second-order valence-electron chi connectivity index (χ2n) is 5.72.